The third kappa shape index (κ3) is 5.71. The summed E-state index contributed by atoms with van der Waals surface area (Å²) in [5.41, 5.74) is 6.42. The Morgan fingerprint density at radius 3 is 2.52 bits per heavy atom. The molecule has 0 aliphatic heterocycles. The van der Waals surface area contributed by atoms with Gasteiger partial charge in [0.05, 0.1) is 5.71 Å². The number of nitrogens with one attached hydrogen (secondary N) is 1. The maximum atomic E-state index is 12.0. The lowest BCUT2D eigenvalue weighted by molar-refractivity contribution is -0.123. The molecule has 0 radical (unpaired) electrons. The van der Waals surface area contributed by atoms with Gasteiger partial charge < -0.3 is 4.74 Å². The highest BCUT2D eigenvalue weighted by Crippen LogP contribution is 2.27. The van der Waals surface area contributed by atoms with Gasteiger partial charge in [-0.15, -0.1) is 0 Å². The Kier molecular flexibility index (Phi) is 6.76. The van der Waals surface area contributed by atoms with E-state index in [9.17, 15) is 4.79 Å². The lowest BCUT2D eigenvalue weighted by atomic mass is 10.0. The zero-order valence-electron chi connectivity index (χ0n) is 15.0. The predicted molar refractivity (Wildman–Crippen MR) is 105 cm³/mol. The fourth-order valence-corrected chi connectivity index (χ4v) is 2.59. The van der Waals surface area contributed by atoms with Crippen LogP contribution in [0.1, 0.15) is 43.4 Å². The zero-order chi connectivity index (χ0) is 18.4. The van der Waals surface area contributed by atoms with E-state index in [4.69, 9.17) is 4.74 Å². The van der Waals surface area contributed by atoms with Gasteiger partial charge >= 0.3 is 0 Å². The minimum Gasteiger partial charge on any atom is -0.483 e. The zero-order valence-corrected chi connectivity index (χ0v) is 16.6. The second-order valence-corrected chi connectivity index (χ2v) is 7.14. The molecule has 0 saturated carbocycles. The van der Waals surface area contributed by atoms with Crippen molar-refractivity contribution in [1.82, 2.24) is 5.43 Å². The lowest BCUT2D eigenvalue weighted by Gasteiger charge is -2.14. The van der Waals surface area contributed by atoms with Crippen LogP contribution in [0.5, 0.6) is 5.75 Å². The number of carbonyl (C=O) groups is 1. The van der Waals surface area contributed by atoms with E-state index in [1.165, 1.54) is 0 Å². The Labute approximate surface area is 157 Å². The molecule has 0 aromatic heterocycles. The molecule has 0 aliphatic carbocycles. The number of halogens is 1. The number of nitrogens with zero attached hydrogens (tertiary/aromatic N) is 1. The van der Waals surface area contributed by atoms with Gasteiger partial charge in [-0.05, 0) is 54.7 Å². The van der Waals surface area contributed by atoms with Crippen LogP contribution in [0.3, 0.4) is 0 Å². The quantitative estimate of drug-likeness (QED) is 0.557. The predicted octanol–water partition coefficient (Wildman–Crippen LogP) is 4.80. The van der Waals surface area contributed by atoms with Crippen LogP contribution in [0, 0.1) is 6.92 Å². The van der Waals surface area contributed by atoms with E-state index in [1.54, 1.807) is 0 Å². The highest BCUT2D eigenvalue weighted by molar-refractivity contribution is 9.10. The summed E-state index contributed by atoms with van der Waals surface area (Å²) in [6.07, 6.45) is 0. The van der Waals surface area contributed by atoms with Gasteiger partial charge in [0.1, 0.15) is 5.75 Å². The minimum atomic E-state index is -0.285. The lowest BCUT2D eigenvalue weighted by Crippen LogP contribution is -2.26. The third-order valence-electron chi connectivity index (χ3n) is 3.76. The first-order valence-electron chi connectivity index (χ1n) is 8.19. The van der Waals surface area contributed by atoms with Crippen molar-refractivity contribution in [2.45, 2.75) is 33.6 Å². The average molecular weight is 403 g/mol. The molecule has 0 unspecified atom stereocenters. The Hall–Kier alpha value is -2.14. The van der Waals surface area contributed by atoms with Crippen LogP contribution in [0.25, 0.3) is 0 Å². The molecule has 0 atom stereocenters. The first-order chi connectivity index (χ1) is 11.9. The highest BCUT2D eigenvalue weighted by atomic mass is 79.9. The summed E-state index contributed by atoms with van der Waals surface area (Å²) in [6, 6.07) is 13.8. The van der Waals surface area contributed by atoms with Crippen LogP contribution in [-0.4, -0.2) is 18.2 Å². The van der Waals surface area contributed by atoms with E-state index in [2.05, 4.69) is 40.3 Å². The topological polar surface area (TPSA) is 50.7 Å². The van der Waals surface area contributed by atoms with Crippen LogP contribution in [0.4, 0.5) is 0 Å². The number of carbonyl (C=O) groups excluding carboxylic acids is 1. The molecule has 1 N–H and O–H groups in total. The minimum absolute atomic E-state index is 0.0692. The summed E-state index contributed by atoms with van der Waals surface area (Å²) in [5.74, 6) is 0.794. The summed E-state index contributed by atoms with van der Waals surface area (Å²) in [7, 11) is 0. The van der Waals surface area contributed by atoms with Gasteiger partial charge in [0.15, 0.2) is 6.61 Å². The van der Waals surface area contributed by atoms with Gasteiger partial charge in [-0.2, -0.15) is 5.10 Å². The maximum Gasteiger partial charge on any atom is 0.277 e. The van der Waals surface area contributed by atoms with Gasteiger partial charge in [0.2, 0.25) is 0 Å². The molecule has 0 bridgehead atoms. The summed E-state index contributed by atoms with van der Waals surface area (Å²) < 4.78 is 6.71. The molecule has 4 nitrogen and oxygen atoms in total. The van der Waals surface area contributed by atoms with E-state index in [1.807, 2.05) is 56.3 Å². The number of hydrogen-bond acceptors (Lipinski definition) is 3. The van der Waals surface area contributed by atoms with Crippen LogP contribution in [0.2, 0.25) is 0 Å². The molecule has 2 rings (SSSR count). The Balaban J connectivity index is 1.96. The number of hydrogen-bond donors (Lipinski definition) is 1. The molecular weight excluding hydrogens is 380 g/mol. The molecular formula is C20H23BrN2O2. The molecule has 1 amide bonds. The van der Waals surface area contributed by atoms with E-state index in [-0.39, 0.29) is 12.5 Å². The van der Waals surface area contributed by atoms with Crippen LogP contribution >= 0.6 is 15.9 Å². The summed E-state index contributed by atoms with van der Waals surface area (Å²) in [5, 5.41) is 4.13. The molecule has 2 aromatic rings. The number of hydrazone groups is 1. The fourth-order valence-electron chi connectivity index (χ4n) is 2.32. The number of rotatable bonds is 6. The molecule has 0 heterocycles. The van der Waals surface area contributed by atoms with Gasteiger partial charge in [-0.3, -0.25) is 4.79 Å². The molecule has 0 fully saturated rings. The smallest absolute Gasteiger partial charge is 0.277 e. The molecule has 25 heavy (non-hydrogen) atoms. The highest BCUT2D eigenvalue weighted by Gasteiger charge is 2.10. The fraction of sp³-hybridized carbons (Fsp3) is 0.300. The standard InChI is InChI=1S/C20H23BrN2O2/c1-13(2)18-10-5-14(3)11-19(18)25-12-20(24)23-22-15(4)16-6-8-17(21)9-7-16/h5-11,13H,12H2,1-4H3,(H,23,24)/b22-15+. The van der Waals surface area contributed by atoms with E-state index in [0.717, 1.165) is 32.6 Å². The van der Waals surface area contributed by atoms with Crippen LogP contribution in [0.15, 0.2) is 52.0 Å². The molecule has 0 spiro atoms. The molecule has 2 aromatic carbocycles. The average Bonchev–Trinajstić information content (AvgIpc) is 2.58. The number of aryl methyl sites for hydroxylation is 1. The Bertz CT molecular complexity index is 768. The second kappa shape index (κ2) is 8.81. The van der Waals surface area contributed by atoms with Crippen molar-refractivity contribution in [3.8, 4) is 5.75 Å². The van der Waals surface area contributed by atoms with Crippen molar-refractivity contribution in [3.63, 3.8) is 0 Å². The largest absolute Gasteiger partial charge is 0.483 e. The third-order valence-corrected chi connectivity index (χ3v) is 4.29. The Morgan fingerprint density at radius 1 is 1.20 bits per heavy atom. The SMILES string of the molecule is C/C(=N\NC(=O)COc1cc(C)ccc1C(C)C)c1ccc(Br)cc1. The number of benzene rings is 2. The summed E-state index contributed by atoms with van der Waals surface area (Å²) in [6.45, 7) is 7.98. The van der Waals surface area contributed by atoms with Gasteiger partial charge in [0, 0.05) is 4.47 Å². The second-order valence-electron chi connectivity index (χ2n) is 6.22. The molecule has 0 aliphatic rings. The van der Waals surface area contributed by atoms with E-state index < -0.39 is 0 Å². The van der Waals surface area contributed by atoms with Crippen LogP contribution in [-0.2, 0) is 4.79 Å². The summed E-state index contributed by atoms with van der Waals surface area (Å²) in [4.78, 5) is 12.0. The maximum absolute atomic E-state index is 12.0. The van der Waals surface area contributed by atoms with Crippen molar-refractivity contribution < 1.29 is 9.53 Å². The molecule has 5 heteroatoms. The summed E-state index contributed by atoms with van der Waals surface area (Å²) >= 11 is 3.39. The van der Waals surface area contributed by atoms with Crippen molar-refractivity contribution in [1.29, 1.82) is 0 Å². The van der Waals surface area contributed by atoms with Crippen molar-refractivity contribution in [2.24, 2.45) is 5.10 Å². The van der Waals surface area contributed by atoms with Crippen molar-refractivity contribution in [3.05, 3.63) is 63.6 Å². The number of ether oxygens (including phenoxy) is 1. The van der Waals surface area contributed by atoms with Crippen LogP contribution < -0.4 is 10.2 Å². The molecule has 132 valence electrons. The van der Waals surface area contributed by atoms with Crippen molar-refractivity contribution >= 4 is 27.5 Å². The van der Waals surface area contributed by atoms with E-state index >= 15 is 0 Å². The normalized spacial score (nSPS) is 11.5. The van der Waals surface area contributed by atoms with E-state index in [0.29, 0.717) is 5.92 Å². The first-order valence-corrected chi connectivity index (χ1v) is 8.98. The monoisotopic (exact) mass is 402 g/mol. The van der Waals surface area contributed by atoms with Gasteiger partial charge in [-0.1, -0.05) is 54.0 Å². The molecule has 0 saturated heterocycles. The Morgan fingerprint density at radius 2 is 1.88 bits per heavy atom. The van der Waals surface area contributed by atoms with Crippen molar-refractivity contribution in [2.75, 3.05) is 6.61 Å². The first kappa shape index (κ1) is 19.2. The number of amides is 1. The van der Waals surface area contributed by atoms with Gasteiger partial charge in [0.25, 0.3) is 5.91 Å². The van der Waals surface area contributed by atoms with Gasteiger partial charge in [-0.25, -0.2) is 5.43 Å².